The largest absolute Gasteiger partial charge is 0.338 e. The number of aryl methyl sites for hydroxylation is 1. The number of hydrogen-bond acceptors (Lipinski definition) is 2. The lowest BCUT2D eigenvalue weighted by atomic mass is 10.0. The fourth-order valence-corrected chi connectivity index (χ4v) is 4.31. The quantitative estimate of drug-likeness (QED) is 0.792. The fraction of sp³-hybridized carbons (Fsp3) is 0.316. The molecule has 0 N–H and O–H groups in total. The molecular formula is C19H19F2NOS. The van der Waals surface area contributed by atoms with E-state index in [4.69, 9.17) is 0 Å². The Morgan fingerprint density at radius 3 is 2.67 bits per heavy atom. The normalized spacial score (nSPS) is 18.3. The van der Waals surface area contributed by atoms with Crippen LogP contribution in [-0.2, 0) is 0 Å². The van der Waals surface area contributed by atoms with Crippen LogP contribution in [0.4, 0.5) is 8.78 Å². The van der Waals surface area contributed by atoms with Crippen LogP contribution in [0.5, 0.6) is 0 Å². The number of carbonyl (C=O) groups excluding carboxylic acids is 1. The van der Waals surface area contributed by atoms with Crippen LogP contribution in [0.25, 0.3) is 0 Å². The summed E-state index contributed by atoms with van der Waals surface area (Å²) in [7, 11) is 0. The molecule has 0 saturated carbocycles. The molecule has 2 aromatic carbocycles. The first-order valence-electron chi connectivity index (χ1n) is 7.97. The third-order valence-corrected chi connectivity index (χ3v) is 5.64. The van der Waals surface area contributed by atoms with Crippen LogP contribution < -0.4 is 0 Å². The molecule has 0 aromatic heterocycles. The standard InChI is InChI=1S/C19H19F2NOS/c1-13-4-2-3-5-15(13)18-8-9-22(10-11-24-18)19(23)14-6-7-16(20)17(21)12-14/h2-7,12,18H,8-11H2,1H3. The number of halogens is 2. The van der Waals surface area contributed by atoms with Crippen molar-refractivity contribution >= 4 is 17.7 Å². The smallest absolute Gasteiger partial charge is 0.253 e. The number of amides is 1. The van der Waals surface area contributed by atoms with Gasteiger partial charge in [-0.2, -0.15) is 11.8 Å². The van der Waals surface area contributed by atoms with Gasteiger partial charge in [-0.15, -0.1) is 0 Å². The summed E-state index contributed by atoms with van der Waals surface area (Å²) >= 11 is 1.85. The molecule has 1 saturated heterocycles. The molecule has 5 heteroatoms. The van der Waals surface area contributed by atoms with Crippen molar-refractivity contribution in [1.82, 2.24) is 4.90 Å². The highest BCUT2D eigenvalue weighted by molar-refractivity contribution is 7.99. The molecule has 1 aliphatic heterocycles. The van der Waals surface area contributed by atoms with Crippen LogP contribution >= 0.6 is 11.8 Å². The van der Waals surface area contributed by atoms with E-state index in [9.17, 15) is 13.6 Å². The summed E-state index contributed by atoms with van der Waals surface area (Å²) in [6, 6.07) is 11.6. The molecule has 3 rings (SSSR count). The molecule has 0 radical (unpaired) electrons. The summed E-state index contributed by atoms with van der Waals surface area (Å²) in [6.07, 6.45) is 0.852. The molecule has 1 aliphatic rings. The minimum Gasteiger partial charge on any atom is -0.338 e. The second kappa shape index (κ2) is 7.34. The number of benzene rings is 2. The van der Waals surface area contributed by atoms with E-state index >= 15 is 0 Å². The maximum atomic E-state index is 13.4. The highest BCUT2D eigenvalue weighted by Gasteiger charge is 2.24. The van der Waals surface area contributed by atoms with Crippen molar-refractivity contribution in [3.05, 3.63) is 70.8 Å². The molecule has 0 aliphatic carbocycles. The topological polar surface area (TPSA) is 20.3 Å². The highest BCUT2D eigenvalue weighted by atomic mass is 32.2. The predicted octanol–water partition coefficient (Wildman–Crippen LogP) is 4.59. The third-order valence-electron chi connectivity index (χ3n) is 4.33. The number of nitrogens with zero attached hydrogens (tertiary/aromatic N) is 1. The summed E-state index contributed by atoms with van der Waals surface area (Å²) in [5.41, 5.74) is 2.77. The molecule has 126 valence electrons. The lowest BCUT2D eigenvalue weighted by Gasteiger charge is -2.21. The number of rotatable bonds is 2. The number of hydrogen-bond donors (Lipinski definition) is 0. The van der Waals surface area contributed by atoms with E-state index in [-0.39, 0.29) is 11.5 Å². The van der Waals surface area contributed by atoms with E-state index in [1.165, 1.54) is 17.2 Å². The van der Waals surface area contributed by atoms with Crippen molar-refractivity contribution in [3.8, 4) is 0 Å². The minimum atomic E-state index is -0.983. The summed E-state index contributed by atoms with van der Waals surface area (Å²) in [4.78, 5) is 14.3. The van der Waals surface area contributed by atoms with Crippen molar-refractivity contribution in [2.75, 3.05) is 18.8 Å². The molecule has 24 heavy (non-hydrogen) atoms. The summed E-state index contributed by atoms with van der Waals surface area (Å²) < 4.78 is 26.4. The number of carbonyl (C=O) groups is 1. The van der Waals surface area contributed by atoms with Crippen LogP contribution in [0, 0.1) is 18.6 Å². The maximum absolute atomic E-state index is 13.4. The third kappa shape index (κ3) is 3.61. The Hall–Kier alpha value is -1.88. The van der Waals surface area contributed by atoms with Crippen molar-refractivity contribution < 1.29 is 13.6 Å². The average Bonchev–Trinajstić information content (AvgIpc) is 2.83. The molecule has 1 heterocycles. The zero-order valence-corrected chi connectivity index (χ0v) is 14.3. The Balaban J connectivity index is 1.72. The summed E-state index contributed by atoms with van der Waals surface area (Å²) in [5, 5.41) is 0.356. The van der Waals surface area contributed by atoms with Crippen LogP contribution in [0.15, 0.2) is 42.5 Å². The van der Waals surface area contributed by atoms with Gasteiger partial charge in [0, 0.05) is 29.7 Å². The van der Waals surface area contributed by atoms with E-state index in [0.29, 0.717) is 18.3 Å². The van der Waals surface area contributed by atoms with Gasteiger partial charge in [0.2, 0.25) is 0 Å². The Kier molecular flexibility index (Phi) is 5.19. The first kappa shape index (κ1) is 17.0. The first-order chi connectivity index (χ1) is 11.6. The first-order valence-corrected chi connectivity index (χ1v) is 9.02. The Labute approximate surface area is 144 Å². The van der Waals surface area contributed by atoms with Gasteiger partial charge in [0.25, 0.3) is 5.91 Å². The molecule has 1 atom stereocenters. The van der Waals surface area contributed by atoms with E-state index in [1.807, 2.05) is 23.9 Å². The van der Waals surface area contributed by atoms with Gasteiger partial charge in [-0.3, -0.25) is 4.79 Å². The fourth-order valence-electron chi connectivity index (χ4n) is 2.98. The van der Waals surface area contributed by atoms with Gasteiger partial charge in [0.05, 0.1) is 0 Å². The van der Waals surface area contributed by atoms with E-state index in [0.717, 1.165) is 24.3 Å². The van der Waals surface area contributed by atoms with Crippen LogP contribution in [-0.4, -0.2) is 29.6 Å². The average molecular weight is 347 g/mol. The molecular weight excluding hydrogens is 328 g/mol. The van der Waals surface area contributed by atoms with Crippen molar-refractivity contribution in [1.29, 1.82) is 0 Å². The van der Waals surface area contributed by atoms with E-state index in [1.54, 1.807) is 4.90 Å². The zero-order valence-electron chi connectivity index (χ0n) is 13.5. The molecule has 0 bridgehead atoms. The Bertz CT molecular complexity index is 750. The van der Waals surface area contributed by atoms with Crippen molar-refractivity contribution in [2.45, 2.75) is 18.6 Å². The van der Waals surface area contributed by atoms with Crippen molar-refractivity contribution in [2.24, 2.45) is 0 Å². The Morgan fingerprint density at radius 1 is 1.12 bits per heavy atom. The second-order valence-corrected chi connectivity index (χ2v) is 7.24. The maximum Gasteiger partial charge on any atom is 0.253 e. The van der Waals surface area contributed by atoms with Gasteiger partial charge in [0.15, 0.2) is 11.6 Å². The van der Waals surface area contributed by atoms with E-state index < -0.39 is 11.6 Å². The van der Waals surface area contributed by atoms with E-state index in [2.05, 4.69) is 19.1 Å². The lowest BCUT2D eigenvalue weighted by molar-refractivity contribution is 0.0766. The number of thioether (sulfide) groups is 1. The second-order valence-electron chi connectivity index (χ2n) is 5.93. The van der Waals surface area contributed by atoms with Crippen molar-refractivity contribution in [3.63, 3.8) is 0 Å². The Morgan fingerprint density at radius 2 is 1.92 bits per heavy atom. The summed E-state index contributed by atoms with van der Waals surface area (Å²) in [5.74, 6) is -1.32. The molecule has 1 amide bonds. The van der Waals surface area contributed by atoms with Gasteiger partial charge in [-0.05, 0) is 42.7 Å². The predicted molar refractivity (Wildman–Crippen MR) is 93.3 cm³/mol. The van der Waals surface area contributed by atoms with Gasteiger partial charge in [-0.1, -0.05) is 24.3 Å². The van der Waals surface area contributed by atoms with Gasteiger partial charge in [0.1, 0.15) is 0 Å². The monoisotopic (exact) mass is 347 g/mol. The molecule has 1 fully saturated rings. The van der Waals surface area contributed by atoms with Gasteiger partial charge in [-0.25, -0.2) is 8.78 Å². The SMILES string of the molecule is Cc1ccccc1C1CCN(C(=O)c2ccc(F)c(F)c2)CCS1. The molecule has 0 spiro atoms. The molecule has 2 nitrogen and oxygen atoms in total. The van der Waals surface area contributed by atoms with Crippen LogP contribution in [0.2, 0.25) is 0 Å². The summed E-state index contributed by atoms with van der Waals surface area (Å²) in [6.45, 7) is 3.33. The van der Waals surface area contributed by atoms with Crippen LogP contribution in [0.3, 0.4) is 0 Å². The lowest BCUT2D eigenvalue weighted by Crippen LogP contribution is -2.33. The highest BCUT2D eigenvalue weighted by Crippen LogP contribution is 2.36. The molecule has 1 unspecified atom stereocenters. The molecule has 2 aromatic rings. The van der Waals surface area contributed by atoms with Crippen LogP contribution in [0.1, 0.15) is 33.2 Å². The van der Waals surface area contributed by atoms with Gasteiger partial charge < -0.3 is 4.90 Å². The minimum absolute atomic E-state index is 0.202. The van der Waals surface area contributed by atoms with Gasteiger partial charge >= 0.3 is 0 Å². The zero-order chi connectivity index (χ0) is 17.1.